The van der Waals surface area contributed by atoms with Crippen molar-refractivity contribution in [3.05, 3.63) is 108 Å². The Kier molecular flexibility index (Phi) is 6.33. The first-order valence-corrected chi connectivity index (χ1v) is 12.1. The van der Waals surface area contributed by atoms with Gasteiger partial charge in [0.15, 0.2) is 9.84 Å². The van der Waals surface area contributed by atoms with Crippen molar-refractivity contribution in [2.45, 2.75) is 11.4 Å². The molecule has 0 saturated carbocycles. The highest BCUT2D eigenvalue weighted by Gasteiger charge is 2.09. The third-order valence-corrected chi connectivity index (χ3v) is 6.33. The maximum atomic E-state index is 13.1. The van der Waals surface area contributed by atoms with Crippen LogP contribution in [0.1, 0.15) is 15.9 Å². The molecule has 0 bridgehead atoms. The molecule has 0 atom stereocenters. The van der Waals surface area contributed by atoms with E-state index in [9.17, 15) is 17.6 Å². The Hall–Kier alpha value is -3.84. The van der Waals surface area contributed by atoms with Crippen LogP contribution in [0.2, 0.25) is 0 Å². The predicted octanol–water partition coefficient (Wildman–Crippen LogP) is 4.89. The Balaban J connectivity index is 1.41. The van der Waals surface area contributed by atoms with Gasteiger partial charge in [-0.2, -0.15) is 0 Å². The van der Waals surface area contributed by atoms with Gasteiger partial charge in [-0.15, -0.1) is 0 Å². The summed E-state index contributed by atoms with van der Waals surface area (Å²) in [6.07, 6.45) is 4.30. The smallest absolute Gasteiger partial charge is 0.253 e. The van der Waals surface area contributed by atoms with Crippen LogP contribution in [0.25, 0.3) is 22.3 Å². The summed E-state index contributed by atoms with van der Waals surface area (Å²) in [6.45, 7) is 0.340. The summed E-state index contributed by atoms with van der Waals surface area (Å²) < 4.78 is 36.4. The minimum atomic E-state index is -3.23. The van der Waals surface area contributed by atoms with E-state index in [0.29, 0.717) is 12.1 Å². The Morgan fingerprint density at radius 3 is 1.97 bits per heavy atom. The summed E-state index contributed by atoms with van der Waals surface area (Å²) in [7, 11) is -3.23. The largest absolute Gasteiger partial charge is 0.348 e. The number of aromatic nitrogens is 1. The summed E-state index contributed by atoms with van der Waals surface area (Å²) in [6, 6.07) is 22.1. The number of rotatable bonds is 6. The first-order valence-electron chi connectivity index (χ1n) is 10.2. The molecule has 0 spiro atoms. The molecule has 0 aliphatic carbocycles. The monoisotopic (exact) mass is 460 g/mol. The number of pyridine rings is 1. The zero-order valence-electron chi connectivity index (χ0n) is 17.8. The van der Waals surface area contributed by atoms with Crippen molar-refractivity contribution in [3.8, 4) is 22.3 Å². The average molecular weight is 461 g/mol. The molecular formula is C26H21FN2O3S. The molecule has 166 valence electrons. The van der Waals surface area contributed by atoms with Crippen LogP contribution in [0, 0.1) is 5.82 Å². The van der Waals surface area contributed by atoms with Crippen molar-refractivity contribution in [2.24, 2.45) is 0 Å². The van der Waals surface area contributed by atoms with E-state index >= 15 is 0 Å². The van der Waals surface area contributed by atoms with Gasteiger partial charge in [0.25, 0.3) is 5.91 Å². The van der Waals surface area contributed by atoms with Gasteiger partial charge < -0.3 is 5.32 Å². The highest BCUT2D eigenvalue weighted by atomic mass is 32.2. The SMILES string of the molecule is CS(=O)(=O)c1ccc(-c2ccc(CNC(=O)c3cncc(-c4ccc(F)cc4)c3)cc2)cc1. The van der Waals surface area contributed by atoms with E-state index in [2.05, 4.69) is 10.3 Å². The van der Waals surface area contributed by atoms with Crippen LogP contribution in [0.5, 0.6) is 0 Å². The van der Waals surface area contributed by atoms with Crippen molar-refractivity contribution in [3.63, 3.8) is 0 Å². The van der Waals surface area contributed by atoms with Gasteiger partial charge in [-0.05, 0) is 52.6 Å². The van der Waals surface area contributed by atoms with E-state index < -0.39 is 9.84 Å². The number of amides is 1. The molecule has 0 aliphatic rings. The van der Waals surface area contributed by atoms with Gasteiger partial charge in [0.2, 0.25) is 0 Å². The lowest BCUT2D eigenvalue weighted by atomic mass is 10.0. The molecule has 3 aromatic carbocycles. The average Bonchev–Trinajstić information content (AvgIpc) is 2.83. The normalized spacial score (nSPS) is 11.2. The molecule has 1 aromatic heterocycles. The van der Waals surface area contributed by atoms with Gasteiger partial charge >= 0.3 is 0 Å². The van der Waals surface area contributed by atoms with Gasteiger partial charge in [0.05, 0.1) is 10.5 Å². The number of hydrogen-bond donors (Lipinski definition) is 1. The van der Waals surface area contributed by atoms with Crippen molar-refractivity contribution in [1.82, 2.24) is 10.3 Å². The summed E-state index contributed by atoms with van der Waals surface area (Å²) in [5, 5.41) is 2.88. The molecule has 1 amide bonds. The van der Waals surface area contributed by atoms with Gasteiger partial charge in [-0.25, -0.2) is 12.8 Å². The van der Waals surface area contributed by atoms with Crippen molar-refractivity contribution < 1.29 is 17.6 Å². The number of nitrogens with one attached hydrogen (secondary N) is 1. The molecule has 4 rings (SSSR count). The summed E-state index contributed by atoms with van der Waals surface area (Å²) in [5.74, 6) is -0.579. The van der Waals surface area contributed by atoms with Crippen molar-refractivity contribution >= 4 is 15.7 Å². The molecule has 1 N–H and O–H groups in total. The second kappa shape index (κ2) is 9.34. The standard InChI is InChI=1S/C26H21FN2O3S/c1-33(31,32)25-12-8-20(9-13-25)19-4-2-18(3-5-19)15-29-26(30)23-14-22(16-28-17-23)21-6-10-24(27)11-7-21/h2-14,16-17H,15H2,1H3,(H,29,30). The zero-order chi connectivity index (χ0) is 23.4. The van der Waals surface area contributed by atoms with Crippen molar-refractivity contribution in [2.75, 3.05) is 6.26 Å². The third kappa shape index (κ3) is 5.51. The van der Waals surface area contributed by atoms with Gasteiger partial charge in [0.1, 0.15) is 5.82 Å². The number of carbonyl (C=O) groups is 1. The van der Waals surface area contributed by atoms with Crippen LogP contribution < -0.4 is 5.32 Å². The lowest BCUT2D eigenvalue weighted by molar-refractivity contribution is 0.0950. The number of hydrogen-bond acceptors (Lipinski definition) is 4. The Labute approximate surface area is 191 Å². The molecule has 0 saturated heterocycles. The molecule has 0 fully saturated rings. The third-order valence-electron chi connectivity index (χ3n) is 5.20. The maximum absolute atomic E-state index is 13.1. The van der Waals surface area contributed by atoms with Crippen LogP contribution in [-0.2, 0) is 16.4 Å². The predicted molar refractivity (Wildman–Crippen MR) is 126 cm³/mol. The highest BCUT2D eigenvalue weighted by molar-refractivity contribution is 7.90. The fourth-order valence-electron chi connectivity index (χ4n) is 3.36. The van der Waals surface area contributed by atoms with Crippen LogP contribution in [-0.4, -0.2) is 25.6 Å². The number of carbonyl (C=O) groups excluding carboxylic acids is 1. The lowest BCUT2D eigenvalue weighted by Crippen LogP contribution is -2.22. The minimum Gasteiger partial charge on any atom is -0.348 e. The second-order valence-electron chi connectivity index (χ2n) is 7.65. The molecule has 1 heterocycles. The Morgan fingerprint density at radius 2 is 1.36 bits per heavy atom. The summed E-state index contributed by atoms with van der Waals surface area (Å²) in [5.41, 5.74) is 4.69. The lowest BCUT2D eigenvalue weighted by Gasteiger charge is -2.08. The van der Waals surface area contributed by atoms with Crippen LogP contribution in [0.15, 0.2) is 96.2 Å². The summed E-state index contributed by atoms with van der Waals surface area (Å²) >= 11 is 0. The fraction of sp³-hybridized carbons (Fsp3) is 0.0769. The van der Waals surface area contributed by atoms with Crippen LogP contribution in [0.3, 0.4) is 0 Å². The molecular weight excluding hydrogens is 439 g/mol. The van der Waals surface area contributed by atoms with Crippen LogP contribution >= 0.6 is 0 Å². The topological polar surface area (TPSA) is 76.1 Å². The zero-order valence-corrected chi connectivity index (χ0v) is 18.6. The second-order valence-corrected chi connectivity index (χ2v) is 9.66. The number of nitrogens with zero attached hydrogens (tertiary/aromatic N) is 1. The van der Waals surface area contributed by atoms with Gasteiger partial charge in [-0.1, -0.05) is 48.5 Å². The molecule has 0 aliphatic heterocycles. The van der Waals surface area contributed by atoms with Crippen LogP contribution in [0.4, 0.5) is 4.39 Å². The fourth-order valence-corrected chi connectivity index (χ4v) is 3.99. The van der Waals surface area contributed by atoms with Gasteiger partial charge in [0, 0.05) is 30.8 Å². The Morgan fingerprint density at radius 1 is 0.818 bits per heavy atom. The molecule has 7 heteroatoms. The highest BCUT2D eigenvalue weighted by Crippen LogP contribution is 2.22. The quantitative estimate of drug-likeness (QED) is 0.445. The first kappa shape index (κ1) is 22.4. The number of halogens is 1. The molecule has 33 heavy (non-hydrogen) atoms. The molecule has 5 nitrogen and oxygen atoms in total. The van der Waals surface area contributed by atoms with E-state index in [1.165, 1.54) is 24.6 Å². The van der Waals surface area contributed by atoms with E-state index in [0.717, 1.165) is 27.8 Å². The first-order chi connectivity index (χ1) is 15.8. The molecule has 0 unspecified atom stereocenters. The van der Waals surface area contributed by atoms with E-state index in [-0.39, 0.29) is 16.6 Å². The molecule has 0 radical (unpaired) electrons. The number of sulfone groups is 1. The Bertz CT molecular complexity index is 1380. The maximum Gasteiger partial charge on any atom is 0.253 e. The van der Waals surface area contributed by atoms with E-state index in [1.54, 1.807) is 48.7 Å². The van der Waals surface area contributed by atoms with Crippen molar-refractivity contribution in [1.29, 1.82) is 0 Å². The van der Waals surface area contributed by atoms with Gasteiger partial charge in [-0.3, -0.25) is 9.78 Å². The molecule has 4 aromatic rings. The number of benzene rings is 3. The van der Waals surface area contributed by atoms with E-state index in [4.69, 9.17) is 0 Å². The van der Waals surface area contributed by atoms with E-state index in [1.807, 2.05) is 24.3 Å². The summed E-state index contributed by atoms with van der Waals surface area (Å²) in [4.78, 5) is 17.0. The minimum absolute atomic E-state index is 0.257.